The molecule has 2 rings (SSSR count). The van der Waals surface area contributed by atoms with Gasteiger partial charge in [0.25, 0.3) is 5.91 Å². The molecule has 14 heteroatoms. The SMILES string of the molecule is NC(=O)c1ncn(C2O[C@H](C(=O)[P+](O)(O)O)[C@@H](O)[C@H]2O)c1NC=O. The van der Waals surface area contributed by atoms with Crippen molar-refractivity contribution in [1.82, 2.24) is 9.55 Å². The van der Waals surface area contributed by atoms with Crippen LogP contribution in [0.5, 0.6) is 0 Å². The molecule has 2 heterocycles. The Bertz CT molecular complexity index is 672. The number of aliphatic hydroxyl groups is 2. The number of carbonyl (C=O) groups is 3. The van der Waals surface area contributed by atoms with E-state index in [9.17, 15) is 24.6 Å². The fourth-order valence-corrected chi connectivity index (χ4v) is 2.75. The number of anilines is 1. The van der Waals surface area contributed by atoms with Crippen molar-refractivity contribution in [2.45, 2.75) is 24.5 Å². The highest BCUT2D eigenvalue weighted by atomic mass is 31.2. The molecule has 1 aliphatic heterocycles. The molecule has 8 N–H and O–H groups in total. The first-order valence-electron chi connectivity index (χ1n) is 6.29. The zero-order chi connectivity index (χ0) is 18.2. The maximum absolute atomic E-state index is 11.7. The van der Waals surface area contributed by atoms with E-state index in [-0.39, 0.29) is 17.9 Å². The Morgan fingerprint density at radius 3 is 2.46 bits per heavy atom. The van der Waals surface area contributed by atoms with Gasteiger partial charge in [-0.3, -0.25) is 14.2 Å². The molecule has 24 heavy (non-hydrogen) atoms. The average Bonchev–Trinajstić information content (AvgIpc) is 3.01. The summed E-state index contributed by atoms with van der Waals surface area (Å²) in [6.07, 6.45) is -6.07. The van der Waals surface area contributed by atoms with Crippen LogP contribution in [-0.4, -0.2) is 70.6 Å². The third kappa shape index (κ3) is 3.14. The Morgan fingerprint density at radius 1 is 1.33 bits per heavy atom. The zero-order valence-corrected chi connectivity index (χ0v) is 12.6. The van der Waals surface area contributed by atoms with E-state index in [0.29, 0.717) is 0 Å². The molecule has 0 bridgehead atoms. The molecule has 4 atom stereocenters. The van der Waals surface area contributed by atoms with E-state index in [4.69, 9.17) is 25.2 Å². The first kappa shape index (κ1) is 18.4. The monoisotopic (exact) mass is 365 g/mol. The lowest BCUT2D eigenvalue weighted by molar-refractivity contribution is -0.129. The number of hydrogen-bond acceptors (Lipinski definition) is 10. The van der Waals surface area contributed by atoms with Crippen LogP contribution in [0.4, 0.5) is 5.82 Å². The van der Waals surface area contributed by atoms with Crippen molar-refractivity contribution in [2.24, 2.45) is 5.73 Å². The Labute approximate surface area is 133 Å². The van der Waals surface area contributed by atoms with Crippen LogP contribution in [0, 0.1) is 0 Å². The lowest BCUT2D eigenvalue weighted by Gasteiger charge is -2.18. The van der Waals surface area contributed by atoms with Gasteiger partial charge in [-0.15, -0.1) is 0 Å². The predicted molar refractivity (Wildman–Crippen MR) is 74.9 cm³/mol. The summed E-state index contributed by atoms with van der Waals surface area (Å²) in [4.78, 5) is 64.2. The fraction of sp³-hybridized carbons (Fsp3) is 0.400. The van der Waals surface area contributed by atoms with Crippen LogP contribution in [0.15, 0.2) is 6.33 Å². The number of nitrogens with zero attached hydrogens (tertiary/aromatic N) is 2. The summed E-state index contributed by atoms with van der Waals surface area (Å²) in [6, 6.07) is 0. The number of aliphatic hydroxyl groups excluding tert-OH is 2. The molecule has 1 aromatic heterocycles. The summed E-state index contributed by atoms with van der Waals surface area (Å²) in [6.45, 7) is 0. The van der Waals surface area contributed by atoms with E-state index in [1.54, 1.807) is 0 Å². The number of rotatable bonds is 6. The van der Waals surface area contributed by atoms with Crippen molar-refractivity contribution in [2.75, 3.05) is 5.32 Å². The third-order valence-electron chi connectivity index (χ3n) is 3.27. The minimum Gasteiger partial charge on any atom is -0.387 e. The summed E-state index contributed by atoms with van der Waals surface area (Å²) in [5.74, 6) is -1.29. The minimum absolute atomic E-state index is 0.187. The van der Waals surface area contributed by atoms with E-state index >= 15 is 0 Å². The van der Waals surface area contributed by atoms with E-state index in [1.807, 2.05) is 0 Å². The summed E-state index contributed by atoms with van der Waals surface area (Å²) in [5, 5.41) is 21.9. The van der Waals surface area contributed by atoms with E-state index in [1.165, 1.54) is 0 Å². The maximum atomic E-state index is 11.7. The second-order valence-corrected chi connectivity index (χ2v) is 6.39. The highest BCUT2D eigenvalue weighted by Gasteiger charge is 2.58. The highest BCUT2D eigenvalue weighted by Crippen LogP contribution is 2.49. The second kappa shape index (κ2) is 6.49. The van der Waals surface area contributed by atoms with Crippen LogP contribution in [0.2, 0.25) is 0 Å². The predicted octanol–water partition coefficient (Wildman–Crippen LogP) is -3.56. The van der Waals surface area contributed by atoms with Gasteiger partial charge in [0.1, 0.15) is 18.0 Å². The van der Waals surface area contributed by atoms with Gasteiger partial charge in [-0.2, -0.15) is 14.7 Å². The number of primary amides is 1. The van der Waals surface area contributed by atoms with Gasteiger partial charge in [0.15, 0.2) is 18.0 Å². The summed E-state index contributed by atoms with van der Waals surface area (Å²) in [5.41, 5.74) is 3.09. The van der Waals surface area contributed by atoms with Crippen molar-refractivity contribution in [3.8, 4) is 0 Å². The number of aromatic nitrogens is 2. The third-order valence-corrected chi connectivity index (χ3v) is 4.12. The van der Waals surface area contributed by atoms with Crippen LogP contribution in [0.3, 0.4) is 0 Å². The van der Waals surface area contributed by atoms with E-state index in [2.05, 4.69) is 10.3 Å². The molecule has 0 saturated carbocycles. The molecule has 0 aromatic carbocycles. The van der Waals surface area contributed by atoms with Crippen LogP contribution < -0.4 is 11.1 Å². The molecule has 13 nitrogen and oxygen atoms in total. The van der Waals surface area contributed by atoms with Gasteiger partial charge in [0.05, 0.1) is 6.33 Å². The summed E-state index contributed by atoms with van der Waals surface area (Å²) >= 11 is 0. The molecule has 1 fully saturated rings. The van der Waals surface area contributed by atoms with Crippen molar-refractivity contribution in [1.29, 1.82) is 0 Å². The van der Waals surface area contributed by atoms with Gasteiger partial charge >= 0.3 is 13.5 Å². The van der Waals surface area contributed by atoms with E-state index < -0.39 is 43.9 Å². The molecule has 0 spiro atoms. The quantitative estimate of drug-likeness (QED) is 0.194. The van der Waals surface area contributed by atoms with Crippen LogP contribution in [-0.2, 0) is 14.3 Å². The lowest BCUT2D eigenvalue weighted by Crippen LogP contribution is -2.36. The lowest BCUT2D eigenvalue weighted by atomic mass is 10.1. The van der Waals surface area contributed by atoms with Gasteiger partial charge < -0.3 is 26.0 Å². The van der Waals surface area contributed by atoms with Gasteiger partial charge in [-0.1, -0.05) is 0 Å². The van der Waals surface area contributed by atoms with Gasteiger partial charge in [0.2, 0.25) is 6.41 Å². The molecule has 1 saturated heterocycles. The number of nitrogens with one attached hydrogen (secondary N) is 1. The number of ether oxygens (including phenoxy) is 1. The molecule has 0 radical (unpaired) electrons. The molecule has 2 amide bonds. The molecule has 1 unspecified atom stereocenters. The van der Waals surface area contributed by atoms with Crippen LogP contribution in [0.25, 0.3) is 0 Å². The Hall–Kier alpha value is -1.99. The minimum atomic E-state index is -4.98. The standard InChI is InChI=1S/C10H13N4O9P/c11-7(18)3-8(13-2-15)14(1-12-3)9-5(17)4(16)6(23-9)10(19)24(20,21)22/h1-2,4-6,9,16-17,20-22H,(H2-,11,13,15,18)/p+1/t4-,5+,6-,9?/m0/s1. The Morgan fingerprint density at radius 2 is 1.96 bits per heavy atom. The number of carbonyl (C=O) groups excluding carboxylic acids is 3. The van der Waals surface area contributed by atoms with Gasteiger partial charge in [0, 0.05) is 0 Å². The van der Waals surface area contributed by atoms with Crippen molar-refractivity contribution < 1.29 is 44.0 Å². The van der Waals surface area contributed by atoms with Crippen molar-refractivity contribution >= 4 is 31.6 Å². The zero-order valence-electron chi connectivity index (χ0n) is 11.8. The number of nitrogens with two attached hydrogens (primary N) is 1. The summed E-state index contributed by atoms with van der Waals surface area (Å²) in [7, 11) is -4.98. The second-order valence-electron chi connectivity index (χ2n) is 4.81. The van der Waals surface area contributed by atoms with E-state index in [0.717, 1.165) is 10.9 Å². The first-order chi connectivity index (χ1) is 11.1. The number of hydrogen-bond donors (Lipinski definition) is 7. The maximum Gasteiger partial charge on any atom is 0.481 e. The molecule has 132 valence electrons. The van der Waals surface area contributed by atoms with Crippen molar-refractivity contribution in [3.05, 3.63) is 12.0 Å². The first-order valence-corrected chi connectivity index (χ1v) is 7.94. The summed E-state index contributed by atoms with van der Waals surface area (Å²) < 4.78 is 5.96. The van der Waals surface area contributed by atoms with Crippen molar-refractivity contribution in [3.63, 3.8) is 0 Å². The number of amides is 2. The molecule has 1 aromatic rings. The van der Waals surface area contributed by atoms with Crippen LogP contribution in [0.1, 0.15) is 16.7 Å². The molecular formula is C10H14N4O9P+. The molecule has 0 aliphatic carbocycles. The Balaban J connectivity index is 2.38. The fourth-order valence-electron chi connectivity index (χ4n) is 2.20. The topological polar surface area (TPSA) is 217 Å². The largest absolute Gasteiger partial charge is 0.481 e. The number of imidazole rings is 1. The highest BCUT2D eigenvalue weighted by molar-refractivity contribution is 7.76. The van der Waals surface area contributed by atoms with Gasteiger partial charge in [-0.25, -0.2) is 9.78 Å². The molecule has 1 aliphatic rings. The Kier molecular flexibility index (Phi) is 4.96. The smallest absolute Gasteiger partial charge is 0.387 e. The average molecular weight is 365 g/mol. The molecular weight excluding hydrogens is 351 g/mol. The van der Waals surface area contributed by atoms with Gasteiger partial charge in [-0.05, 0) is 0 Å². The normalized spacial score (nSPS) is 27.0. The van der Waals surface area contributed by atoms with Crippen LogP contribution >= 0.6 is 7.94 Å².